The number of hydrogen-bond acceptors (Lipinski definition) is 5. The predicted octanol–water partition coefficient (Wildman–Crippen LogP) is 2.58. The topological polar surface area (TPSA) is 81.9 Å². The molecule has 3 rings (SSSR count). The van der Waals surface area contributed by atoms with Gasteiger partial charge in [-0.3, -0.25) is 4.79 Å². The molecule has 7 nitrogen and oxygen atoms in total. The molecule has 1 saturated carbocycles. The normalized spacial score (nSPS) is 14.8. The quantitative estimate of drug-likeness (QED) is 0.886. The molecule has 1 N–H and O–H groups in total. The number of carbonyl (C=O) groups excluding carboxylic acids is 1. The third kappa shape index (κ3) is 3.85. The predicted molar refractivity (Wildman–Crippen MR) is 85.5 cm³/mol. The number of aromatic nitrogens is 4. The highest BCUT2D eigenvalue weighted by Crippen LogP contribution is 2.29. The van der Waals surface area contributed by atoms with Crippen LogP contribution < -0.4 is 10.1 Å². The Morgan fingerprint density at radius 2 is 2.22 bits per heavy atom. The number of amides is 1. The van der Waals surface area contributed by atoms with Crippen LogP contribution in [-0.4, -0.2) is 33.2 Å². The summed E-state index contributed by atoms with van der Waals surface area (Å²) in [5, 5.41) is 14.1. The number of carbonyl (C=O) groups is 1. The van der Waals surface area contributed by atoms with Crippen molar-refractivity contribution in [3.05, 3.63) is 24.5 Å². The molecule has 0 saturated heterocycles. The van der Waals surface area contributed by atoms with Crippen LogP contribution in [0.1, 0.15) is 38.5 Å². The van der Waals surface area contributed by atoms with Crippen LogP contribution in [-0.2, 0) is 4.79 Å². The summed E-state index contributed by atoms with van der Waals surface area (Å²) in [4.78, 5) is 12.1. The summed E-state index contributed by atoms with van der Waals surface area (Å²) in [6, 6.07) is 5.42. The van der Waals surface area contributed by atoms with E-state index in [0.717, 1.165) is 6.42 Å². The van der Waals surface area contributed by atoms with Gasteiger partial charge in [0.1, 0.15) is 17.8 Å². The summed E-state index contributed by atoms with van der Waals surface area (Å²) >= 11 is 0. The minimum atomic E-state index is 0.0460. The van der Waals surface area contributed by atoms with E-state index in [4.69, 9.17) is 4.74 Å². The third-order valence-corrected chi connectivity index (χ3v) is 4.31. The monoisotopic (exact) mass is 315 g/mol. The smallest absolute Gasteiger partial charge is 0.224 e. The Kier molecular flexibility index (Phi) is 4.85. The maximum Gasteiger partial charge on any atom is 0.224 e. The first-order valence-corrected chi connectivity index (χ1v) is 7.97. The lowest BCUT2D eigenvalue weighted by Crippen LogP contribution is -2.13. The molecule has 1 aliphatic rings. The van der Waals surface area contributed by atoms with Gasteiger partial charge in [-0.2, -0.15) is 4.68 Å². The molecular formula is C16H21N5O2. The minimum Gasteiger partial charge on any atom is -0.494 e. The first-order chi connectivity index (χ1) is 11.3. The third-order valence-electron chi connectivity index (χ3n) is 4.31. The molecule has 1 amide bonds. The minimum absolute atomic E-state index is 0.0460. The van der Waals surface area contributed by atoms with E-state index in [1.165, 1.54) is 36.7 Å². The molecular weight excluding hydrogens is 294 g/mol. The second-order valence-electron chi connectivity index (χ2n) is 5.88. The van der Waals surface area contributed by atoms with E-state index >= 15 is 0 Å². The van der Waals surface area contributed by atoms with Crippen molar-refractivity contribution >= 4 is 11.6 Å². The summed E-state index contributed by atoms with van der Waals surface area (Å²) in [7, 11) is 1.59. The van der Waals surface area contributed by atoms with E-state index in [1.807, 2.05) is 12.1 Å². The average molecular weight is 315 g/mol. The lowest BCUT2D eigenvalue weighted by Gasteiger charge is -2.12. The van der Waals surface area contributed by atoms with E-state index in [-0.39, 0.29) is 5.91 Å². The van der Waals surface area contributed by atoms with Crippen LogP contribution in [0.2, 0.25) is 0 Å². The molecule has 1 heterocycles. The maximum absolute atomic E-state index is 12.1. The van der Waals surface area contributed by atoms with Gasteiger partial charge in [0.05, 0.1) is 7.11 Å². The summed E-state index contributed by atoms with van der Waals surface area (Å²) in [5.41, 5.74) is 1.40. The number of rotatable bonds is 6. The summed E-state index contributed by atoms with van der Waals surface area (Å²) in [6.45, 7) is 0. The molecule has 0 aliphatic heterocycles. The number of ether oxygens (including phenoxy) is 1. The number of nitrogens with one attached hydrogen (secondary N) is 1. The van der Waals surface area contributed by atoms with Gasteiger partial charge in [-0.05, 0) is 41.0 Å². The highest BCUT2D eigenvalue weighted by Gasteiger charge is 2.16. The van der Waals surface area contributed by atoms with Crippen molar-refractivity contribution in [3.63, 3.8) is 0 Å². The number of nitrogens with zero attached hydrogens (tertiary/aromatic N) is 4. The molecule has 0 unspecified atom stereocenters. The van der Waals surface area contributed by atoms with Gasteiger partial charge in [0.15, 0.2) is 0 Å². The second-order valence-corrected chi connectivity index (χ2v) is 5.88. The Morgan fingerprint density at radius 3 is 2.91 bits per heavy atom. The zero-order valence-electron chi connectivity index (χ0n) is 13.2. The van der Waals surface area contributed by atoms with Gasteiger partial charge in [-0.1, -0.05) is 25.7 Å². The van der Waals surface area contributed by atoms with Crippen LogP contribution >= 0.6 is 0 Å². The molecule has 7 heteroatoms. The Labute approximate surface area is 135 Å². The molecule has 0 bridgehead atoms. The zero-order valence-corrected chi connectivity index (χ0v) is 13.2. The van der Waals surface area contributed by atoms with Crippen molar-refractivity contribution in [1.29, 1.82) is 0 Å². The van der Waals surface area contributed by atoms with Gasteiger partial charge in [0, 0.05) is 12.1 Å². The SMILES string of the molecule is COc1ccc(NC(=O)CCC2CCCC2)cc1-n1cnnn1. The van der Waals surface area contributed by atoms with E-state index < -0.39 is 0 Å². The van der Waals surface area contributed by atoms with Crippen LogP contribution in [0, 0.1) is 5.92 Å². The highest BCUT2D eigenvalue weighted by molar-refractivity contribution is 5.91. The number of hydrogen-bond donors (Lipinski definition) is 1. The van der Waals surface area contributed by atoms with Gasteiger partial charge in [-0.25, -0.2) is 0 Å². The molecule has 23 heavy (non-hydrogen) atoms. The largest absolute Gasteiger partial charge is 0.494 e. The fourth-order valence-corrected chi connectivity index (χ4v) is 3.08. The fraction of sp³-hybridized carbons (Fsp3) is 0.500. The standard InChI is InChI=1S/C16H21N5O2/c1-23-15-8-7-13(10-14(15)21-11-17-19-20-21)18-16(22)9-6-12-4-2-3-5-12/h7-8,10-12H,2-6,9H2,1H3,(H,18,22). The molecule has 122 valence electrons. The molecule has 0 atom stereocenters. The van der Waals surface area contributed by atoms with Crippen LogP contribution in [0.15, 0.2) is 24.5 Å². The van der Waals surface area contributed by atoms with Crippen LogP contribution in [0.5, 0.6) is 5.75 Å². The van der Waals surface area contributed by atoms with Crippen LogP contribution in [0.25, 0.3) is 5.69 Å². The molecule has 1 aliphatic carbocycles. The van der Waals surface area contributed by atoms with Crippen molar-refractivity contribution < 1.29 is 9.53 Å². The summed E-state index contributed by atoms with van der Waals surface area (Å²) < 4.78 is 6.82. The molecule has 2 aromatic rings. The first kappa shape index (κ1) is 15.5. The Balaban J connectivity index is 1.65. The lowest BCUT2D eigenvalue weighted by atomic mass is 10.0. The first-order valence-electron chi connectivity index (χ1n) is 7.97. The van der Waals surface area contributed by atoms with Crippen molar-refractivity contribution in [2.45, 2.75) is 38.5 Å². The van der Waals surface area contributed by atoms with E-state index in [2.05, 4.69) is 20.8 Å². The fourth-order valence-electron chi connectivity index (χ4n) is 3.08. The molecule has 0 spiro atoms. The van der Waals surface area contributed by atoms with Crippen molar-refractivity contribution in [1.82, 2.24) is 20.2 Å². The van der Waals surface area contributed by atoms with Crippen molar-refractivity contribution in [2.75, 3.05) is 12.4 Å². The van der Waals surface area contributed by atoms with Gasteiger partial charge < -0.3 is 10.1 Å². The number of anilines is 1. The number of tetrazole rings is 1. The average Bonchev–Trinajstić information content (AvgIpc) is 3.26. The highest BCUT2D eigenvalue weighted by atomic mass is 16.5. The molecule has 1 aromatic heterocycles. The molecule has 1 aromatic carbocycles. The Bertz CT molecular complexity index is 650. The van der Waals surface area contributed by atoms with Crippen molar-refractivity contribution in [3.8, 4) is 11.4 Å². The zero-order chi connectivity index (χ0) is 16.1. The van der Waals surface area contributed by atoms with Crippen LogP contribution in [0.3, 0.4) is 0 Å². The molecule has 1 fully saturated rings. The number of methoxy groups -OCH3 is 1. The van der Waals surface area contributed by atoms with E-state index in [0.29, 0.717) is 29.5 Å². The van der Waals surface area contributed by atoms with Gasteiger partial charge in [0.25, 0.3) is 0 Å². The number of benzene rings is 1. The maximum atomic E-state index is 12.1. The Hall–Kier alpha value is -2.44. The van der Waals surface area contributed by atoms with E-state index in [1.54, 1.807) is 13.2 Å². The lowest BCUT2D eigenvalue weighted by molar-refractivity contribution is -0.116. The van der Waals surface area contributed by atoms with Crippen LogP contribution in [0.4, 0.5) is 5.69 Å². The summed E-state index contributed by atoms with van der Waals surface area (Å²) in [5.74, 6) is 1.40. The van der Waals surface area contributed by atoms with Gasteiger partial charge in [0.2, 0.25) is 5.91 Å². The van der Waals surface area contributed by atoms with Crippen molar-refractivity contribution in [2.24, 2.45) is 5.92 Å². The Morgan fingerprint density at radius 1 is 1.39 bits per heavy atom. The van der Waals surface area contributed by atoms with E-state index in [9.17, 15) is 4.79 Å². The second kappa shape index (κ2) is 7.21. The van der Waals surface area contributed by atoms with Gasteiger partial charge >= 0.3 is 0 Å². The summed E-state index contributed by atoms with van der Waals surface area (Å²) in [6.07, 6.45) is 8.17. The molecule has 0 radical (unpaired) electrons. The van der Waals surface area contributed by atoms with Gasteiger partial charge in [-0.15, -0.1) is 5.10 Å².